The number of sulfonamides is 1. The Labute approximate surface area is 187 Å². The van der Waals surface area contributed by atoms with Crippen LogP contribution in [0, 0.1) is 0 Å². The van der Waals surface area contributed by atoms with Gasteiger partial charge in [-0.25, -0.2) is 13.2 Å². The molecule has 1 fully saturated rings. The van der Waals surface area contributed by atoms with Crippen LogP contribution in [-0.4, -0.2) is 49.6 Å². The van der Waals surface area contributed by atoms with Gasteiger partial charge in [0, 0.05) is 19.2 Å². The van der Waals surface area contributed by atoms with Crippen LogP contribution in [0.15, 0.2) is 59.1 Å². The predicted molar refractivity (Wildman–Crippen MR) is 118 cm³/mol. The fourth-order valence-corrected chi connectivity index (χ4v) is 5.46. The number of nitrogens with two attached hydrogens (primary N) is 1. The van der Waals surface area contributed by atoms with Crippen molar-refractivity contribution in [3.63, 3.8) is 0 Å². The van der Waals surface area contributed by atoms with E-state index in [1.807, 2.05) is 12.1 Å². The summed E-state index contributed by atoms with van der Waals surface area (Å²) in [6.45, 7) is 2.97. The first-order chi connectivity index (χ1) is 15.3. The molecule has 2 aromatic carbocycles. The monoisotopic (exact) mass is 455 g/mol. The number of likely N-dealkylation sites (tertiary alicyclic amines) is 1. The van der Waals surface area contributed by atoms with E-state index in [1.54, 1.807) is 24.3 Å². The van der Waals surface area contributed by atoms with E-state index >= 15 is 0 Å². The zero-order valence-corrected chi connectivity index (χ0v) is 18.6. The van der Waals surface area contributed by atoms with Gasteiger partial charge in [0.2, 0.25) is 0 Å². The summed E-state index contributed by atoms with van der Waals surface area (Å²) in [4.78, 5) is 27.3. The van der Waals surface area contributed by atoms with Gasteiger partial charge in [-0.15, -0.1) is 0 Å². The average Bonchev–Trinajstić information content (AvgIpc) is 2.78. The highest BCUT2D eigenvalue weighted by atomic mass is 32.2. The van der Waals surface area contributed by atoms with E-state index in [1.165, 1.54) is 38.4 Å². The van der Waals surface area contributed by atoms with Crippen molar-refractivity contribution in [3.05, 3.63) is 70.9 Å². The van der Waals surface area contributed by atoms with Gasteiger partial charge in [-0.05, 0) is 55.8 Å². The topological polar surface area (TPSA) is 110 Å². The first-order valence-corrected chi connectivity index (χ1v) is 11.9. The Balaban J connectivity index is 1.61. The minimum atomic E-state index is -3.99. The van der Waals surface area contributed by atoms with Gasteiger partial charge in [0.25, 0.3) is 15.9 Å². The van der Waals surface area contributed by atoms with Crippen molar-refractivity contribution in [2.24, 2.45) is 5.73 Å². The standard InChI is InChI=1S/C23H25N3O5S/c1-25-20(22(24)27)21(18-7-3-4-8-19(18)32(25,29)30)31-23(28)17-11-9-16(10-12-17)15-26-13-5-2-6-14-26/h3-4,7-12H,2,5-6,13-15H2,1H3,(H2,24,27). The van der Waals surface area contributed by atoms with Gasteiger partial charge in [-0.3, -0.25) is 14.0 Å². The van der Waals surface area contributed by atoms with Crippen molar-refractivity contribution in [1.82, 2.24) is 9.21 Å². The van der Waals surface area contributed by atoms with E-state index in [2.05, 4.69) is 4.90 Å². The van der Waals surface area contributed by atoms with Crippen LogP contribution in [-0.2, 0) is 26.1 Å². The zero-order chi connectivity index (χ0) is 22.9. The van der Waals surface area contributed by atoms with Crippen LogP contribution < -0.4 is 5.73 Å². The van der Waals surface area contributed by atoms with E-state index in [4.69, 9.17) is 10.5 Å². The number of esters is 1. The Morgan fingerprint density at radius 3 is 2.31 bits per heavy atom. The van der Waals surface area contributed by atoms with Crippen molar-refractivity contribution in [3.8, 4) is 0 Å². The molecule has 0 spiro atoms. The Hall–Kier alpha value is -3.17. The van der Waals surface area contributed by atoms with E-state index in [-0.39, 0.29) is 21.8 Å². The number of carbonyl (C=O) groups excluding carboxylic acids is 2. The second-order valence-electron chi connectivity index (χ2n) is 7.93. The molecule has 1 amide bonds. The number of primary amides is 1. The molecule has 0 atom stereocenters. The Bertz CT molecular complexity index is 1180. The normalized spacial score (nSPS) is 18.2. The molecular formula is C23H25N3O5S. The summed E-state index contributed by atoms with van der Waals surface area (Å²) < 4.78 is 31.8. The van der Waals surface area contributed by atoms with E-state index in [0.29, 0.717) is 0 Å². The van der Waals surface area contributed by atoms with Crippen LogP contribution in [0.1, 0.15) is 40.7 Å². The summed E-state index contributed by atoms with van der Waals surface area (Å²) in [6.07, 6.45) is 3.67. The largest absolute Gasteiger partial charge is 0.420 e. The molecule has 2 N–H and O–H groups in total. The number of ether oxygens (including phenoxy) is 1. The van der Waals surface area contributed by atoms with Gasteiger partial charge in [0.15, 0.2) is 11.5 Å². The van der Waals surface area contributed by atoms with Crippen LogP contribution in [0.4, 0.5) is 0 Å². The summed E-state index contributed by atoms with van der Waals surface area (Å²) in [5, 5.41) is 0. The number of carbonyl (C=O) groups is 2. The molecule has 0 aromatic heterocycles. The molecule has 4 rings (SSSR count). The van der Waals surface area contributed by atoms with Crippen molar-refractivity contribution in [1.29, 1.82) is 0 Å². The smallest absolute Gasteiger partial charge is 0.343 e. The van der Waals surface area contributed by atoms with Gasteiger partial charge < -0.3 is 10.5 Å². The molecule has 0 unspecified atom stereocenters. The molecule has 9 heteroatoms. The second kappa shape index (κ2) is 8.76. The van der Waals surface area contributed by atoms with Gasteiger partial charge in [-0.1, -0.05) is 30.7 Å². The highest BCUT2D eigenvalue weighted by molar-refractivity contribution is 7.89. The summed E-state index contributed by atoms with van der Waals surface area (Å²) >= 11 is 0. The van der Waals surface area contributed by atoms with E-state index < -0.39 is 27.6 Å². The fourth-order valence-electron chi connectivity index (χ4n) is 4.06. The minimum absolute atomic E-state index is 0.0628. The average molecular weight is 456 g/mol. The minimum Gasteiger partial charge on any atom is -0.420 e. The van der Waals surface area contributed by atoms with Gasteiger partial charge >= 0.3 is 5.97 Å². The number of benzene rings is 2. The van der Waals surface area contributed by atoms with Crippen molar-refractivity contribution >= 4 is 27.7 Å². The van der Waals surface area contributed by atoms with Crippen LogP contribution in [0.2, 0.25) is 0 Å². The summed E-state index contributed by atoms with van der Waals surface area (Å²) in [5.74, 6) is -1.89. The van der Waals surface area contributed by atoms with Crippen LogP contribution in [0.25, 0.3) is 5.76 Å². The maximum Gasteiger partial charge on any atom is 0.343 e. The van der Waals surface area contributed by atoms with Crippen molar-refractivity contribution in [2.45, 2.75) is 30.7 Å². The number of rotatable bonds is 5. The number of fused-ring (bicyclic) bond motifs is 1. The van der Waals surface area contributed by atoms with Gasteiger partial charge in [-0.2, -0.15) is 0 Å². The molecule has 2 heterocycles. The molecule has 0 bridgehead atoms. The molecule has 168 valence electrons. The first-order valence-electron chi connectivity index (χ1n) is 10.4. The Morgan fingerprint density at radius 2 is 1.66 bits per heavy atom. The molecule has 2 aliphatic heterocycles. The maximum absolute atomic E-state index is 12.9. The van der Waals surface area contributed by atoms with Gasteiger partial charge in [0.1, 0.15) is 0 Å². The quantitative estimate of drug-likeness (QED) is 0.693. The predicted octanol–water partition coefficient (Wildman–Crippen LogP) is 2.32. The number of likely N-dealkylation sites (N-methyl/N-ethyl adjacent to an activating group) is 1. The second-order valence-corrected chi connectivity index (χ2v) is 9.87. The third-order valence-corrected chi connectivity index (χ3v) is 7.59. The van der Waals surface area contributed by atoms with E-state index in [9.17, 15) is 18.0 Å². The first kappa shape index (κ1) is 22.0. The molecule has 2 aliphatic rings. The lowest BCUT2D eigenvalue weighted by atomic mass is 10.1. The van der Waals surface area contributed by atoms with Crippen molar-refractivity contribution in [2.75, 3.05) is 20.1 Å². The molecule has 0 aliphatic carbocycles. The van der Waals surface area contributed by atoms with Crippen LogP contribution >= 0.6 is 0 Å². The molecule has 0 saturated carbocycles. The summed E-state index contributed by atoms with van der Waals surface area (Å²) in [7, 11) is -2.79. The number of nitrogens with zero attached hydrogens (tertiary/aromatic N) is 2. The molecule has 2 aromatic rings. The number of piperidine rings is 1. The maximum atomic E-state index is 12.9. The number of hydrogen-bond donors (Lipinski definition) is 1. The molecular weight excluding hydrogens is 430 g/mol. The molecule has 0 radical (unpaired) electrons. The highest BCUT2D eigenvalue weighted by Gasteiger charge is 2.38. The lowest BCUT2D eigenvalue weighted by Gasteiger charge is -2.29. The number of amides is 1. The number of hydrogen-bond acceptors (Lipinski definition) is 6. The third-order valence-electron chi connectivity index (χ3n) is 5.77. The fraction of sp³-hybridized carbons (Fsp3) is 0.304. The molecule has 32 heavy (non-hydrogen) atoms. The lowest BCUT2D eigenvalue weighted by molar-refractivity contribution is -0.115. The Morgan fingerprint density at radius 1 is 1.00 bits per heavy atom. The highest BCUT2D eigenvalue weighted by Crippen LogP contribution is 2.36. The van der Waals surface area contributed by atoms with Crippen LogP contribution in [0.5, 0.6) is 0 Å². The Kier molecular flexibility index (Phi) is 6.03. The molecule has 8 nitrogen and oxygen atoms in total. The van der Waals surface area contributed by atoms with Crippen LogP contribution in [0.3, 0.4) is 0 Å². The summed E-state index contributed by atoms with van der Waals surface area (Å²) in [6, 6.07) is 13.1. The van der Waals surface area contributed by atoms with Crippen molar-refractivity contribution < 1.29 is 22.7 Å². The lowest BCUT2D eigenvalue weighted by Crippen LogP contribution is -2.38. The van der Waals surface area contributed by atoms with E-state index in [0.717, 1.165) is 29.5 Å². The van der Waals surface area contributed by atoms with Gasteiger partial charge in [0.05, 0.1) is 10.5 Å². The third kappa shape index (κ3) is 4.13. The SMILES string of the molecule is CN1C(C(N)=O)=C(OC(=O)c2ccc(CN3CCCCC3)cc2)c2ccccc2S1(=O)=O. The summed E-state index contributed by atoms with van der Waals surface area (Å²) in [5.41, 5.74) is 6.56. The molecule has 1 saturated heterocycles. The zero-order valence-electron chi connectivity index (χ0n) is 17.8.